The average Bonchev–Trinajstić information content (AvgIpc) is 2.49. The number of hydrogen-bond acceptors (Lipinski definition) is 5. The number of nitrogens with one attached hydrogen (secondary N) is 1. The van der Waals surface area contributed by atoms with Crippen molar-refractivity contribution < 1.29 is 10.0 Å². The number of nitrogens with zero attached hydrogens (tertiary/aromatic N) is 1. The highest BCUT2D eigenvalue weighted by Gasteiger charge is 2.13. The van der Waals surface area contributed by atoms with Crippen LogP contribution in [-0.4, -0.2) is 22.7 Å². The largest absolute Gasteiger partial charge is 0.397 e. The predicted molar refractivity (Wildman–Crippen MR) is 82.2 cm³/mol. The van der Waals surface area contributed by atoms with Crippen molar-refractivity contribution in [3.63, 3.8) is 0 Å². The first-order valence-electron chi connectivity index (χ1n) is 6.55. The molecule has 0 bridgehead atoms. The van der Waals surface area contributed by atoms with E-state index in [0.29, 0.717) is 12.1 Å². The van der Waals surface area contributed by atoms with E-state index in [2.05, 4.69) is 5.32 Å². The number of nitrogens with two attached hydrogens (primary N) is 1. The first-order chi connectivity index (χ1) is 10.1. The van der Waals surface area contributed by atoms with Crippen LogP contribution in [0.2, 0.25) is 0 Å². The van der Waals surface area contributed by atoms with Crippen LogP contribution in [-0.2, 0) is 6.42 Å². The molecule has 0 aliphatic carbocycles. The molecule has 1 unspecified atom stereocenters. The molecular weight excluding hydrogens is 270 g/mol. The van der Waals surface area contributed by atoms with Gasteiger partial charge in [0.05, 0.1) is 28.9 Å². The van der Waals surface area contributed by atoms with Crippen molar-refractivity contribution in [3.05, 3.63) is 64.2 Å². The lowest BCUT2D eigenvalue weighted by molar-refractivity contribution is -0.384. The number of benzene rings is 2. The van der Waals surface area contributed by atoms with Crippen molar-refractivity contribution >= 4 is 17.1 Å². The van der Waals surface area contributed by atoms with Crippen LogP contribution in [0.1, 0.15) is 5.56 Å². The van der Waals surface area contributed by atoms with E-state index >= 15 is 0 Å². The lowest BCUT2D eigenvalue weighted by atomic mass is 10.1. The number of non-ortho nitro benzene ring substituents is 1. The summed E-state index contributed by atoms with van der Waals surface area (Å²) in [7, 11) is 0. The molecule has 0 saturated heterocycles. The Morgan fingerprint density at radius 1 is 1.24 bits per heavy atom. The summed E-state index contributed by atoms with van der Waals surface area (Å²) in [4.78, 5) is 10.2. The summed E-state index contributed by atoms with van der Waals surface area (Å²) in [6, 6.07) is 13.8. The molecule has 6 nitrogen and oxygen atoms in total. The van der Waals surface area contributed by atoms with Gasteiger partial charge in [0.25, 0.3) is 5.69 Å². The van der Waals surface area contributed by atoms with Gasteiger partial charge in [0.2, 0.25) is 0 Å². The summed E-state index contributed by atoms with van der Waals surface area (Å²) < 4.78 is 0. The van der Waals surface area contributed by atoms with Gasteiger partial charge in [0.15, 0.2) is 0 Å². The average molecular weight is 287 g/mol. The van der Waals surface area contributed by atoms with Crippen molar-refractivity contribution in [2.75, 3.05) is 17.7 Å². The van der Waals surface area contributed by atoms with Gasteiger partial charge in [-0.3, -0.25) is 10.1 Å². The van der Waals surface area contributed by atoms with E-state index in [1.807, 2.05) is 30.3 Å². The van der Waals surface area contributed by atoms with Crippen molar-refractivity contribution in [2.24, 2.45) is 0 Å². The molecule has 2 rings (SSSR count). The van der Waals surface area contributed by atoms with Gasteiger partial charge in [-0.05, 0) is 18.1 Å². The van der Waals surface area contributed by atoms with Crippen molar-refractivity contribution in [2.45, 2.75) is 12.5 Å². The molecule has 110 valence electrons. The molecule has 4 N–H and O–H groups in total. The molecule has 0 amide bonds. The van der Waals surface area contributed by atoms with E-state index < -0.39 is 4.92 Å². The standard InChI is InChI=1S/C15H17N3O3/c16-14-9-13(18(20)21)6-7-15(14)17-12(10-19)8-11-4-2-1-3-5-11/h1-7,9,12,17,19H,8,10,16H2. The maximum Gasteiger partial charge on any atom is 0.271 e. The summed E-state index contributed by atoms with van der Waals surface area (Å²) in [5, 5.41) is 23.3. The van der Waals surface area contributed by atoms with Gasteiger partial charge >= 0.3 is 0 Å². The molecule has 21 heavy (non-hydrogen) atoms. The summed E-state index contributed by atoms with van der Waals surface area (Å²) in [6.07, 6.45) is 0.633. The minimum Gasteiger partial charge on any atom is -0.397 e. The predicted octanol–water partition coefficient (Wildman–Crippen LogP) is 2.19. The third kappa shape index (κ3) is 3.93. The Bertz CT molecular complexity index is 617. The van der Waals surface area contributed by atoms with Gasteiger partial charge in [0.1, 0.15) is 0 Å². The van der Waals surface area contributed by atoms with E-state index in [-0.39, 0.29) is 24.0 Å². The second-order valence-corrected chi connectivity index (χ2v) is 4.74. The number of aliphatic hydroxyl groups is 1. The Morgan fingerprint density at radius 3 is 2.52 bits per heavy atom. The number of nitro benzene ring substituents is 1. The maximum absolute atomic E-state index is 10.7. The number of hydrogen-bond donors (Lipinski definition) is 3. The van der Waals surface area contributed by atoms with Crippen LogP contribution >= 0.6 is 0 Å². The summed E-state index contributed by atoms with van der Waals surface area (Å²) in [5.74, 6) is 0. The summed E-state index contributed by atoms with van der Waals surface area (Å²) in [5.41, 5.74) is 7.71. The van der Waals surface area contributed by atoms with E-state index in [4.69, 9.17) is 5.73 Å². The lowest BCUT2D eigenvalue weighted by Crippen LogP contribution is -2.26. The molecule has 0 aliphatic rings. The minimum atomic E-state index is -0.492. The van der Waals surface area contributed by atoms with Crippen molar-refractivity contribution in [3.8, 4) is 0 Å². The third-order valence-electron chi connectivity index (χ3n) is 3.15. The molecule has 6 heteroatoms. The molecule has 2 aromatic carbocycles. The van der Waals surface area contributed by atoms with E-state index in [1.165, 1.54) is 12.1 Å². The van der Waals surface area contributed by atoms with Crippen LogP contribution in [0.25, 0.3) is 0 Å². The topological polar surface area (TPSA) is 101 Å². The van der Waals surface area contributed by atoms with Crippen LogP contribution < -0.4 is 11.1 Å². The molecule has 0 spiro atoms. The molecule has 0 heterocycles. The zero-order chi connectivity index (χ0) is 15.2. The molecule has 0 aromatic heterocycles. The first-order valence-corrected chi connectivity index (χ1v) is 6.55. The van der Waals surface area contributed by atoms with Gasteiger partial charge in [-0.1, -0.05) is 30.3 Å². The monoisotopic (exact) mass is 287 g/mol. The number of nitro groups is 1. The van der Waals surface area contributed by atoms with Crippen molar-refractivity contribution in [1.82, 2.24) is 0 Å². The van der Waals surface area contributed by atoms with E-state index in [9.17, 15) is 15.2 Å². The summed E-state index contributed by atoms with van der Waals surface area (Å²) >= 11 is 0. The smallest absolute Gasteiger partial charge is 0.271 e. The molecular formula is C15H17N3O3. The molecule has 0 radical (unpaired) electrons. The first kappa shape index (κ1) is 14.8. The fourth-order valence-corrected chi connectivity index (χ4v) is 2.07. The molecule has 0 saturated carbocycles. The quantitative estimate of drug-likeness (QED) is 0.429. The molecule has 0 fully saturated rings. The fraction of sp³-hybridized carbons (Fsp3) is 0.200. The fourth-order valence-electron chi connectivity index (χ4n) is 2.07. The maximum atomic E-state index is 10.7. The van der Waals surface area contributed by atoms with Crippen LogP contribution in [0.3, 0.4) is 0 Å². The summed E-state index contributed by atoms with van der Waals surface area (Å²) in [6.45, 7) is -0.0642. The van der Waals surface area contributed by atoms with Crippen LogP contribution in [0.5, 0.6) is 0 Å². The highest BCUT2D eigenvalue weighted by molar-refractivity contribution is 5.69. The van der Waals surface area contributed by atoms with Gasteiger partial charge in [-0.2, -0.15) is 0 Å². The van der Waals surface area contributed by atoms with Crippen LogP contribution in [0, 0.1) is 10.1 Å². The zero-order valence-electron chi connectivity index (χ0n) is 11.4. The second-order valence-electron chi connectivity index (χ2n) is 4.74. The lowest BCUT2D eigenvalue weighted by Gasteiger charge is -2.19. The van der Waals surface area contributed by atoms with E-state index in [0.717, 1.165) is 5.56 Å². The number of nitrogen functional groups attached to an aromatic ring is 1. The highest BCUT2D eigenvalue weighted by atomic mass is 16.6. The Morgan fingerprint density at radius 2 is 1.95 bits per heavy atom. The number of rotatable bonds is 6. The molecule has 2 aromatic rings. The molecule has 1 atom stereocenters. The zero-order valence-corrected chi connectivity index (χ0v) is 11.4. The number of aliphatic hydroxyl groups excluding tert-OH is 1. The third-order valence-corrected chi connectivity index (χ3v) is 3.15. The van der Waals surface area contributed by atoms with Gasteiger partial charge in [0, 0.05) is 12.1 Å². The Hall–Kier alpha value is -2.60. The van der Waals surface area contributed by atoms with Crippen molar-refractivity contribution in [1.29, 1.82) is 0 Å². The number of anilines is 2. The Labute approximate surface area is 122 Å². The Kier molecular flexibility index (Phi) is 4.73. The minimum absolute atomic E-state index is 0.0540. The molecule has 0 aliphatic heterocycles. The normalized spacial score (nSPS) is 11.9. The Balaban J connectivity index is 2.10. The highest BCUT2D eigenvalue weighted by Crippen LogP contribution is 2.25. The van der Waals surface area contributed by atoms with Gasteiger partial charge < -0.3 is 16.2 Å². The van der Waals surface area contributed by atoms with Gasteiger partial charge in [-0.15, -0.1) is 0 Å². The van der Waals surface area contributed by atoms with E-state index in [1.54, 1.807) is 6.07 Å². The second kappa shape index (κ2) is 6.71. The SMILES string of the molecule is Nc1cc([N+](=O)[O-])ccc1NC(CO)Cc1ccccc1. The van der Waals surface area contributed by atoms with Gasteiger partial charge in [-0.25, -0.2) is 0 Å². The van der Waals surface area contributed by atoms with Crippen LogP contribution in [0.15, 0.2) is 48.5 Å². The van der Waals surface area contributed by atoms with Crippen LogP contribution in [0.4, 0.5) is 17.1 Å².